The largest absolute Gasteiger partial charge is 0.493 e. The van der Waals surface area contributed by atoms with Gasteiger partial charge in [0.05, 0.1) is 78.0 Å². The molecule has 2 saturated heterocycles. The van der Waals surface area contributed by atoms with Gasteiger partial charge in [-0.3, -0.25) is 10.1 Å². The molecule has 0 aromatic heterocycles. The molecule has 2 aromatic carbocycles. The highest BCUT2D eigenvalue weighted by atomic mass is 35.5. The number of ether oxygens (including phenoxy) is 6. The molecule has 2 aromatic rings. The Kier molecular flexibility index (Phi) is 12.5. The van der Waals surface area contributed by atoms with Gasteiger partial charge < -0.3 is 44.4 Å². The van der Waals surface area contributed by atoms with Gasteiger partial charge in [0.25, 0.3) is 0 Å². The van der Waals surface area contributed by atoms with Crippen LogP contribution in [0.25, 0.3) is 0 Å². The first-order chi connectivity index (χ1) is 20.7. The van der Waals surface area contributed by atoms with Crippen LogP contribution in [0.5, 0.6) is 11.5 Å². The standard InChI is InChI=1S/C14H17ClFNO6.C14H19ClFNO4/c1-3-21-13-8(14(2)22-4-5-23-14)6-9(15)12(16)11(13)10(18)7-17(19)20;1-3-19-13-8(14(2)20-4-5-21-14)6-9(15)12(16)11(13)10(18)7-17/h6,10,18H,3-5,7H2,1-2H3;6,10,18H,3-5,7,17H2,1-2H3. The molecule has 4 N–H and O–H groups in total. The molecule has 2 heterocycles. The first kappa shape index (κ1) is 36.1. The lowest BCUT2D eigenvalue weighted by Gasteiger charge is -2.28. The van der Waals surface area contributed by atoms with E-state index in [-0.39, 0.29) is 58.0 Å². The molecule has 12 nitrogen and oxygen atoms in total. The van der Waals surface area contributed by atoms with Gasteiger partial charge in [-0.15, -0.1) is 0 Å². The van der Waals surface area contributed by atoms with Crippen LogP contribution in [0.15, 0.2) is 12.1 Å². The maximum Gasteiger partial charge on any atom is 0.233 e. The number of benzene rings is 2. The SMILES string of the molecule is CCOc1c(C2(C)OCCO2)cc(Cl)c(F)c1C(O)CN.CCOc1c(C2(C)OCCO2)cc(Cl)c(F)c1C(O)C[N+](=O)[O-]. The van der Waals surface area contributed by atoms with E-state index in [4.69, 9.17) is 57.4 Å². The van der Waals surface area contributed by atoms with Gasteiger partial charge in [-0.2, -0.15) is 0 Å². The Morgan fingerprint density at radius 1 is 0.886 bits per heavy atom. The third-order valence-corrected chi connectivity index (χ3v) is 7.41. The van der Waals surface area contributed by atoms with Crippen LogP contribution in [0, 0.1) is 21.7 Å². The Hall–Kier alpha value is -2.40. The average molecular weight is 670 g/mol. The Balaban J connectivity index is 0.000000241. The summed E-state index contributed by atoms with van der Waals surface area (Å²) in [5.74, 6) is -3.91. The summed E-state index contributed by atoms with van der Waals surface area (Å²) in [6.45, 7) is 7.60. The van der Waals surface area contributed by atoms with Crippen LogP contribution in [0.3, 0.4) is 0 Å². The monoisotopic (exact) mass is 668 g/mol. The Labute approximate surface area is 263 Å². The van der Waals surface area contributed by atoms with Crippen molar-refractivity contribution in [2.45, 2.75) is 51.5 Å². The van der Waals surface area contributed by atoms with Crippen molar-refractivity contribution in [1.82, 2.24) is 0 Å². The van der Waals surface area contributed by atoms with Crippen molar-refractivity contribution in [3.8, 4) is 11.5 Å². The molecule has 0 amide bonds. The zero-order chi connectivity index (χ0) is 32.8. The molecule has 0 radical (unpaired) electrons. The molecule has 2 unspecified atom stereocenters. The van der Waals surface area contributed by atoms with E-state index >= 15 is 0 Å². The summed E-state index contributed by atoms with van der Waals surface area (Å²) < 4.78 is 61.9. The second-order valence-electron chi connectivity index (χ2n) is 9.86. The second kappa shape index (κ2) is 15.3. The van der Waals surface area contributed by atoms with Crippen molar-refractivity contribution in [3.63, 3.8) is 0 Å². The molecule has 0 saturated carbocycles. The highest BCUT2D eigenvalue weighted by Crippen LogP contribution is 2.45. The van der Waals surface area contributed by atoms with Crippen LogP contribution >= 0.6 is 23.2 Å². The van der Waals surface area contributed by atoms with Crippen molar-refractivity contribution in [1.29, 1.82) is 0 Å². The maximum atomic E-state index is 14.4. The van der Waals surface area contributed by atoms with Crippen LogP contribution in [0.2, 0.25) is 10.0 Å². The number of nitrogens with two attached hydrogens (primary N) is 1. The lowest BCUT2D eigenvalue weighted by molar-refractivity contribution is -0.491. The highest BCUT2D eigenvalue weighted by molar-refractivity contribution is 6.31. The van der Waals surface area contributed by atoms with E-state index in [2.05, 4.69) is 0 Å². The minimum Gasteiger partial charge on any atom is -0.493 e. The Morgan fingerprint density at radius 2 is 1.25 bits per heavy atom. The van der Waals surface area contributed by atoms with Crippen molar-refractivity contribution < 1.29 is 52.3 Å². The van der Waals surface area contributed by atoms with E-state index in [9.17, 15) is 29.1 Å². The van der Waals surface area contributed by atoms with Crippen LogP contribution in [0.1, 0.15) is 62.2 Å². The van der Waals surface area contributed by atoms with Gasteiger partial charge in [-0.05, 0) is 39.8 Å². The fourth-order valence-corrected chi connectivity index (χ4v) is 5.24. The number of aliphatic hydroxyl groups excluding tert-OH is 2. The molecular formula is C28H36Cl2F2N2O10. The number of halogens is 4. The maximum absolute atomic E-state index is 14.4. The topological polar surface area (TPSA) is 165 Å². The van der Waals surface area contributed by atoms with Crippen molar-refractivity contribution in [2.75, 3.05) is 52.7 Å². The summed E-state index contributed by atoms with van der Waals surface area (Å²) >= 11 is 11.8. The van der Waals surface area contributed by atoms with E-state index < -0.39 is 46.9 Å². The quantitative estimate of drug-likeness (QED) is 0.228. The predicted molar refractivity (Wildman–Crippen MR) is 155 cm³/mol. The molecule has 2 aliphatic heterocycles. The Bertz CT molecular complexity index is 1320. The fourth-order valence-electron chi connectivity index (χ4n) is 4.82. The first-order valence-electron chi connectivity index (χ1n) is 13.8. The number of nitro groups is 1. The van der Waals surface area contributed by atoms with Gasteiger partial charge in [-0.1, -0.05) is 23.2 Å². The zero-order valence-electron chi connectivity index (χ0n) is 24.7. The molecule has 4 rings (SSSR count). The number of aliphatic hydroxyl groups is 2. The summed E-state index contributed by atoms with van der Waals surface area (Å²) in [6, 6.07) is 2.69. The highest BCUT2D eigenvalue weighted by Gasteiger charge is 2.41. The van der Waals surface area contributed by atoms with Gasteiger partial charge in [0.2, 0.25) is 6.54 Å². The molecule has 2 aliphatic rings. The van der Waals surface area contributed by atoms with E-state index in [1.54, 1.807) is 27.7 Å². The van der Waals surface area contributed by atoms with E-state index in [1.807, 2.05) is 0 Å². The number of rotatable bonds is 11. The van der Waals surface area contributed by atoms with Crippen LogP contribution in [-0.2, 0) is 30.5 Å². The minimum absolute atomic E-state index is 0.0480. The molecule has 0 spiro atoms. The zero-order valence-corrected chi connectivity index (χ0v) is 26.2. The molecular weight excluding hydrogens is 633 g/mol. The molecule has 246 valence electrons. The van der Waals surface area contributed by atoms with E-state index in [0.717, 1.165) is 0 Å². The Morgan fingerprint density at radius 3 is 1.57 bits per heavy atom. The summed E-state index contributed by atoms with van der Waals surface area (Å²) in [4.78, 5) is 9.91. The molecule has 0 aliphatic carbocycles. The lowest BCUT2D eigenvalue weighted by Crippen LogP contribution is -2.26. The second-order valence-corrected chi connectivity index (χ2v) is 10.7. The fraction of sp³-hybridized carbons (Fsp3) is 0.571. The van der Waals surface area contributed by atoms with Crippen molar-refractivity contribution in [3.05, 3.63) is 66.2 Å². The van der Waals surface area contributed by atoms with Gasteiger partial charge in [-0.25, -0.2) is 8.78 Å². The molecule has 16 heteroatoms. The van der Waals surface area contributed by atoms with Crippen LogP contribution in [-0.4, -0.2) is 67.9 Å². The van der Waals surface area contributed by atoms with Crippen molar-refractivity contribution in [2.24, 2.45) is 5.73 Å². The van der Waals surface area contributed by atoms with Crippen LogP contribution in [0.4, 0.5) is 8.78 Å². The summed E-state index contributed by atoms with van der Waals surface area (Å²) in [6.07, 6.45) is -2.94. The van der Waals surface area contributed by atoms with E-state index in [1.165, 1.54) is 12.1 Å². The van der Waals surface area contributed by atoms with Crippen LogP contribution < -0.4 is 15.2 Å². The molecule has 0 bridgehead atoms. The summed E-state index contributed by atoms with van der Waals surface area (Å²) in [7, 11) is 0. The summed E-state index contributed by atoms with van der Waals surface area (Å²) in [5, 5.41) is 30.3. The minimum atomic E-state index is -1.71. The molecule has 2 atom stereocenters. The van der Waals surface area contributed by atoms with Gasteiger partial charge in [0.1, 0.15) is 17.6 Å². The molecule has 44 heavy (non-hydrogen) atoms. The molecule has 2 fully saturated rings. The third kappa shape index (κ3) is 7.69. The van der Waals surface area contributed by atoms with E-state index in [0.29, 0.717) is 32.0 Å². The first-order valence-corrected chi connectivity index (χ1v) is 14.5. The van der Waals surface area contributed by atoms with Gasteiger partial charge in [0.15, 0.2) is 23.2 Å². The average Bonchev–Trinajstić information content (AvgIpc) is 3.62. The number of hydrogen-bond acceptors (Lipinski definition) is 11. The normalized spacial score (nSPS) is 18.3. The summed E-state index contributed by atoms with van der Waals surface area (Å²) in [5.41, 5.74) is 5.73. The third-order valence-electron chi connectivity index (χ3n) is 6.86. The lowest BCUT2D eigenvalue weighted by atomic mass is 9.98. The van der Waals surface area contributed by atoms with Crippen molar-refractivity contribution >= 4 is 23.2 Å². The van der Waals surface area contributed by atoms with Gasteiger partial charge in [0, 0.05) is 11.5 Å². The number of hydrogen-bond donors (Lipinski definition) is 3. The van der Waals surface area contributed by atoms with Gasteiger partial charge >= 0.3 is 0 Å². The number of nitrogens with zero attached hydrogens (tertiary/aromatic N) is 1. The smallest absolute Gasteiger partial charge is 0.233 e. The predicted octanol–water partition coefficient (Wildman–Crippen LogP) is 4.50.